The van der Waals surface area contributed by atoms with E-state index in [0.29, 0.717) is 0 Å². The van der Waals surface area contributed by atoms with E-state index >= 15 is 0 Å². The summed E-state index contributed by atoms with van der Waals surface area (Å²) >= 11 is 0. The van der Waals surface area contributed by atoms with Gasteiger partial charge in [-0.1, -0.05) is 0 Å². The van der Waals surface area contributed by atoms with E-state index < -0.39 is 0 Å². The molecule has 1 radical (unpaired) electrons. The number of halogens is 7. The predicted molar refractivity (Wildman–Crippen MR) is 0 cm³/mol. The van der Waals surface area contributed by atoms with Gasteiger partial charge in [0.25, 0.3) is 0 Å². The third-order valence-corrected chi connectivity index (χ3v) is 0. The topological polar surface area (TPSA) is 0 Å². The first-order chi connectivity index (χ1) is 0. The monoisotopic (exact) mass is 389 g/mol. The maximum Gasteiger partial charge on any atom is 4.00 e. The van der Waals surface area contributed by atoms with E-state index in [2.05, 4.69) is 0 Å². The molecule has 0 amide bonds. The average molecular weight is 391 g/mol. The first-order valence-electron chi connectivity index (χ1n) is 0. The van der Waals surface area contributed by atoms with Crippen LogP contribution >= 0.6 is 0 Å². The van der Waals surface area contributed by atoms with Crippen molar-refractivity contribution in [2.24, 2.45) is 0 Å². The van der Waals surface area contributed by atoms with Gasteiger partial charge in [-0.25, -0.2) is 0 Å². The number of hydrogen-bond acceptors (Lipinski definition) is 0. The second-order valence-corrected chi connectivity index (χ2v) is 0. The molecule has 0 unspecified atom stereocenters. The molecule has 0 aromatic carbocycles. The fourth-order valence-electron chi connectivity index (χ4n) is 0. The molecular formula is ErF7Zr. The Kier molecular flexibility index (Phi) is 10900. The van der Waals surface area contributed by atoms with Gasteiger partial charge in [0.2, 0.25) is 0 Å². The molecule has 0 saturated carbocycles. The minimum Gasteiger partial charge on any atom is -1.00 e. The largest absolute Gasteiger partial charge is 4.00 e. The molecule has 0 nitrogen and oxygen atoms in total. The zero-order chi connectivity index (χ0) is 0. The summed E-state index contributed by atoms with van der Waals surface area (Å²) in [6.07, 6.45) is 0. The van der Waals surface area contributed by atoms with E-state index in [0.717, 1.165) is 0 Å². The zero-order valence-corrected chi connectivity index (χ0v) is 7.74. The summed E-state index contributed by atoms with van der Waals surface area (Å²) in [6.45, 7) is 0. The van der Waals surface area contributed by atoms with Gasteiger partial charge in [0.05, 0.1) is 0 Å². The summed E-state index contributed by atoms with van der Waals surface area (Å²) in [4.78, 5) is 0. The third kappa shape index (κ3) is 209. The molecule has 0 aliphatic rings. The first kappa shape index (κ1) is 368. The van der Waals surface area contributed by atoms with E-state index in [1.54, 1.807) is 0 Å². The van der Waals surface area contributed by atoms with E-state index in [1.807, 2.05) is 0 Å². The van der Waals surface area contributed by atoms with Crippen molar-refractivity contribution in [1.29, 1.82) is 0 Å². The van der Waals surface area contributed by atoms with Gasteiger partial charge >= 0.3 is 63.5 Å². The van der Waals surface area contributed by atoms with Crippen molar-refractivity contribution in [1.82, 2.24) is 0 Å². The van der Waals surface area contributed by atoms with Gasteiger partial charge in [0.1, 0.15) is 0 Å². The Morgan fingerprint density at radius 3 is 0.333 bits per heavy atom. The molecule has 0 aromatic rings. The molecule has 0 spiro atoms. The zero-order valence-electron chi connectivity index (χ0n) is 3.43. The molecule has 0 atom stereocenters. The smallest absolute Gasteiger partial charge is 1.00 e. The third-order valence-electron chi connectivity index (χ3n) is 0. The van der Waals surface area contributed by atoms with Gasteiger partial charge in [0, 0.05) is 0 Å². The van der Waals surface area contributed by atoms with Gasteiger partial charge < -0.3 is 32.9 Å². The van der Waals surface area contributed by atoms with Crippen molar-refractivity contribution in [3.05, 3.63) is 0 Å². The summed E-state index contributed by atoms with van der Waals surface area (Å²) in [5.41, 5.74) is 0. The Bertz CT molecular complexity index is 8.88. The standard InChI is InChI=1S/Er.7FH.Zr/h;7*1H;/q+3;;;;;;;;+4/p-7. The van der Waals surface area contributed by atoms with Crippen LogP contribution in [0.3, 0.4) is 0 Å². The molecule has 0 rings (SSSR count). The van der Waals surface area contributed by atoms with Crippen LogP contribution in [0.5, 0.6) is 0 Å². The van der Waals surface area contributed by atoms with Gasteiger partial charge in [-0.2, -0.15) is 0 Å². The van der Waals surface area contributed by atoms with Crippen molar-refractivity contribution in [3.8, 4) is 0 Å². The Morgan fingerprint density at radius 2 is 0.333 bits per heavy atom. The normalized spacial score (nSPS) is 0. The molecular weight excluding hydrogens is 391 g/mol. The Labute approximate surface area is 95.4 Å². The van der Waals surface area contributed by atoms with Crippen LogP contribution < -0.4 is 32.9 Å². The van der Waals surface area contributed by atoms with Gasteiger partial charge in [-0.05, 0) is 0 Å². The minimum atomic E-state index is 0. The van der Waals surface area contributed by atoms with Crippen molar-refractivity contribution in [2.75, 3.05) is 0 Å². The van der Waals surface area contributed by atoms with Gasteiger partial charge in [0.15, 0.2) is 0 Å². The summed E-state index contributed by atoms with van der Waals surface area (Å²) < 4.78 is 0. The molecule has 9 heavy (non-hydrogen) atoms. The summed E-state index contributed by atoms with van der Waals surface area (Å²) in [7, 11) is 0. The quantitative estimate of drug-likeness (QED) is 0.360. The maximum absolute atomic E-state index is 0. The van der Waals surface area contributed by atoms with Crippen molar-refractivity contribution >= 4 is 0 Å². The second-order valence-electron chi connectivity index (χ2n) is 0. The molecule has 0 aliphatic heterocycles. The van der Waals surface area contributed by atoms with Crippen LogP contribution in [0.1, 0.15) is 0 Å². The molecule has 0 aromatic heterocycles. The van der Waals surface area contributed by atoms with Crippen molar-refractivity contribution in [3.63, 3.8) is 0 Å². The number of rotatable bonds is 0. The van der Waals surface area contributed by atoms with E-state index in [9.17, 15) is 0 Å². The molecule has 65 valence electrons. The van der Waals surface area contributed by atoms with E-state index in [-0.39, 0.29) is 96.4 Å². The second kappa shape index (κ2) is 268. The Hall–Kier alpha value is 1.64. The molecule has 9 heteroatoms. The van der Waals surface area contributed by atoms with Crippen LogP contribution in [-0.2, 0) is 26.2 Å². The van der Waals surface area contributed by atoms with Crippen molar-refractivity contribution in [2.45, 2.75) is 0 Å². The number of hydrogen-bond donors (Lipinski definition) is 0. The van der Waals surface area contributed by atoms with Crippen molar-refractivity contribution < 1.29 is 96.4 Å². The molecule has 0 N–H and O–H groups in total. The average Bonchev–Trinajstić information content (AvgIpc) is 0. The summed E-state index contributed by atoms with van der Waals surface area (Å²) in [5.74, 6) is 0. The van der Waals surface area contributed by atoms with Crippen LogP contribution in [0.25, 0.3) is 0 Å². The molecule has 0 aliphatic carbocycles. The molecule has 0 bridgehead atoms. The predicted octanol–water partition coefficient (Wildman–Crippen LogP) is -21.0. The minimum absolute atomic E-state index is 0. The maximum atomic E-state index is 0. The van der Waals surface area contributed by atoms with Crippen LogP contribution in [0.15, 0.2) is 0 Å². The fourth-order valence-corrected chi connectivity index (χ4v) is 0. The van der Waals surface area contributed by atoms with Crippen LogP contribution in [0, 0.1) is 37.3 Å². The Morgan fingerprint density at radius 1 is 0.333 bits per heavy atom. The van der Waals surface area contributed by atoms with Gasteiger partial charge in [-0.15, -0.1) is 0 Å². The van der Waals surface area contributed by atoms with E-state index in [1.165, 1.54) is 0 Å². The van der Waals surface area contributed by atoms with Gasteiger partial charge in [-0.3, -0.25) is 0 Å². The molecule has 0 heterocycles. The molecule has 0 saturated heterocycles. The first-order valence-corrected chi connectivity index (χ1v) is 0. The van der Waals surface area contributed by atoms with Crippen LogP contribution in [0.2, 0.25) is 0 Å². The van der Waals surface area contributed by atoms with Crippen LogP contribution in [-0.4, -0.2) is 0 Å². The molecule has 0 fully saturated rings. The Balaban J connectivity index is 0. The fraction of sp³-hybridized carbons (Fsp3) is 0. The SMILES string of the molecule is [Er+3].[F-].[F-].[F-].[F-].[F-].[F-].[F-].[Zr+4]. The van der Waals surface area contributed by atoms with Crippen LogP contribution in [0.4, 0.5) is 0 Å². The van der Waals surface area contributed by atoms with E-state index in [4.69, 9.17) is 0 Å². The summed E-state index contributed by atoms with van der Waals surface area (Å²) in [6, 6.07) is 0. The summed E-state index contributed by atoms with van der Waals surface area (Å²) in [5, 5.41) is 0.